The summed E-state index contributed by atoms with van der Waals surface area (Å²) < 4.78 is 0. The molecule has 82 valence electrons. The highest BCUT2D eigenvalue weighted by molar-refractivity contribution is 5.20. The normalized spacial score (nSPS) is 49.9. The Hall–Kier alpha value is -0.0400. The van der Waals surface area contributed by atoms with Crippen LogP contribution in [0.15, 0.2) is 0 Å². The fourth-order valence-corrected chi connectivity index (χ4v) is 5.05. The summed E-state index contributed by atoms with van der Waals surface area (Å²) in [5, 5.41) is 3.69. The second-order valence-corrected chi connectivity index (χ2v) is 6.23. The maximum absolute atomic E-state index is 3.69. The van der Waals surface area contributed by atoms with E-state index in [2.05, 4.69) is 40.1 Å². The van der Waals surface area contributed by atoms with Crippen molar-refractivity contribution >= 4 is 0 Å². The first-order chi connectivity index (χ1) is 6.43. The summed E-state index contributed by atoms with van der Waals surface area (Å²) in [5.74, 6) is 0.944. The van der Waals surface area contributed by atoms with Crippen molar-refractivity contribution in [3.63, 3.8) is 0 Å². The lowest BCUT2D eigenvalue weighted by atomic mass is 9.57. The lowest BCUT2D eigenvalue weighted by Crippen LogP contribution is -2.61. The van der Waals surface area contributed by atoms with Crippen LogP contribution in [0.2, 0.25) is 0 Å². The first-order valence-electron chi connectivity index (χ1n) is 6.12. The molecule has 2 saturated carbocycles. The summed E-state index contributed by atoms with van der Waals surface area (Å²) in [6.07, 6.45) is 5.58. The molecule has 0 unspecified atom stereocenters. The second-order valence-electron chi connectivity index (χ2n) is 6.23. The van der Waals surface area contributed by atoms with Crippen molar-refractivity contribution < 1.29 is 0 Å². The van der Waals surface area contributed by atoms with Gasteiger partial charge in [0.25, 0.3) is 0 Å². The minimum absolute atomic E-state index is 0.378. The maximum atomic E-state index is 3.69. The third-order valence-electron chi connectivity index (χ3n) is 5.85. The van der Waals surface area contributed by atoms with E-state index in [1.165, 1.54) is 25.7 Å². The van der Waals surface area contributed by atoms with Gasteiger partial charge in [0.2, 0.25) is 0 Å². The molecule has 0 radical (unpaired) electrons. The fraction of sp³-hybridized carbons (Fsp3) is 1.00. The lowest BCUT2D eigenvalue weighted by molar-refractivity contribution is 0.00735. The Labute approximate surface area is 88.7 Å². The SMILES string of the molecule is CC[C@]1(NC)C(C)(C)[C@H]2CC[C@@]1(C)C2. The van der Waals surface area contributed by atoms with Crippen LogP contribution in [0, 0.1) is 16.7 Å². The predicted molar refractivity (Wildman–Crippen MR) is 61.3 cm³/mol. The molecule has 2 bridgehead atoms. The molecule has 2 aliphatic carbocycles. The van der Waals surface area contributed by atoms with Crippen molar-refractivity contribution in [2.75, 3.05) is 7.05 Å². The minimum Gasteiger partial charge on any atom is -0.313 e. The van der Waals surface area contributed by atoms with Gasteiger partial charge >= 0.3 is 0 Å². The first kappa shape index (κ1) is 10.5. The van der Waals surface area contributed by atoms with E-state index in [1.807, 2.05) is 0 Å². The smallest absolute Gasteiger partial charge is 0.0283 e. The van der Waals surface area contributed by atoms with Crippen molar-refractivity contribution in [3.05, 3.63) is 0 Å². The van der Waals surface area contributed by atoms with Crippen molar-refractivity contribution in [2.45, 2.75) is 58.9 Å². The molecule has 0 aromatic carbocycles. The Morgan fingerprint density at radius 3 is 2.21 bits per heavy atom. The molecule has 2 rings (SSSR count). The number of nitrogens with one attached hydrogen (secondary N) is 1. The van der Waals surface area contributed by atoms with E-state index in [9.17, 15) is 0 Å². The highest BCUT2D eigenvalue weighted by Gasteiger charge is 2.67. The molecule has 0 saturated heterocycles. The minimum atomic E-state index is 0.378. The molecular weight excluding hydrogens is 170 g/mol. The molecule has 0 amide bonds. The topological polar surface area (TPSA) is 12.0 Å². The third-order valence-corrected chi connectivity index (χ3v) is 5.85. The van der Waals surface area contributed by atoms with Gasteiger partial charge < -0.3 is 5.32 Å². The Morgan fingerprint density at radius 1 is 1.29 bits per heavy atom. The summed E-state index contributed by atoms with van der Waals surface area (Å²) in [4.78, 5) is 0. The van der Waals surface area contributed by atoms with Gasteiger partial charge in [-0.3, -0.25) is 0 Å². The lowest BCUT2D eigenvalue weighted by Gasteiger charge is -2.54. The molecule has 2 fully saturated rings. The maximum Gasteiger partial charge on any atom is 0.0283 e. The van der Waals surface area contributed by atoms with Crippen LogP contribution in [-0.4, -0.2) is 12.6 Å². The first-order valence-corrected chi connectivity index (χ1v) is 6.12. The van der Waals surface area contributed by atoms with Gasteiger partial charge in [-0.2, -0.15) is 0 Å². The monoisotopic (exact) mass is 195 g/mol. The number of hydrogen-bond acceptors (Lipinski definition) is 1. The van der Waals surface area contributed by atoms with Gasteiger partial charge in [0.05, 0.1) is 0 Å². The zero-order valence-electron chi connectivity index (χ0n) is 10.4. The van der Waals surface area contributed by atoms with Crippen molar-refractivity contribution in [2.24, 2.45) is 16.7 Å². The summed E-state index contributed by atoms with van der Waals surface area (Å²) in [6.45, 7) is 9.80. The molecule has 0 aliphatic heterocycles. The van der Waals surface area contributed by atoms with E-state index in [0.29, 0.717) is 16.4 Å². The van der Waals surface area contributed by atoms with E-state index in [4.69, 9.17) is 0 Å². The van der Waals surface area contributed by atoms with Crippen LogP contribution < -0.4 is 5.32 Å². The average Bonchev–Trinajstić information content (AvgIpc) is 2.57. The zero-order chi connectivity index (χ0) is 10.6. The van der Waals surface area contributed by atoms with Gasteiger partial charge in [-0.05, 0) is 49.5 Å². The van der Waals surface area contributed by atoms with Gasteiger partial charge in [0.1, 0.15) is 0 Å². The van der Waals surface area contributed by atoms with Crippen LogP contribution in [0.5, 0.6) is 0 Å². The number of hydrogen-bond donors (Lipinski definition) is 1. The molecule has 14 heavy (non-hydrogen) atoms. The van der Waals surface area contributed by atoms with Crippen molar-refractivity contribution in [1.29, 1.82) is 0 Å². The molecular formula is C13H25N. The molecule has 0 aromatic rings. The van der Waals surface area contributed by atoms with Crippen LogP contribution in [0.1, 0.15) is 53.4 Å². The van der Waals surface area contributed by atoms with E-state index in [0.717, 1.165) is 5.92 Å². The third kappa shape index (κ3) is 0.856. The summed E-state index contributed by atoms with van der Waals surface area (Å²) in [5.41, 5.74) is 1.40. The Morgan fingerprint density at radius 2 is 1.93 bits per heavy atom. The summed E-state index contributed by atoms with van der Waals surface area (Å²) in [6, 6.07) is 0. The van der Waals surface area contributed by atoms with E-state index in [-0.39, 0.29) is 0 Å². The standard InChI is InChI=1S/C13H25N/c1-6-13(14-5)11(2,3)10-7-8-12(13,4)9-10/h10,14H,6-9H2,1-5H3/t10-,12-,13-/m0/s1. The largest absolute Gasteiger partial charge is 0.313 e. The highest BCUT2D eigenvalue weighted by atomic mass is 15.0. The van der Waals surface area contributed by atoms with Crippen LogP contribution in [0.3, 0.4) is 0 Å². The van der Waals surface area contributed by atoms with Gasteiger partial charge in [0.15, 0.2) is 0 Å². The average molecular weight is 195 g/mol. The van der Waals surface area contributed by atoms with Crippen molar-refractivity contribution in [3.8, 4) is 0 Å². The Kier molecular flexibility index (Phi) is 2.06. The van der Waals surface area contributed by atoms with Crippen molar-refractivity contribution in [1.82, 2.24) is 5.32 Å². The molecule has 0 aromatic heterocycles. The second kappa shape index (κ2) is 2.75. The molecule has 0 spiro atoms. The van der Waals surface area contributed by atoms with Crippen LogP contribution in [0.4, 0.5) is 0 Å². The highest BCUT2D eigenvalue weighted by Crippen LogP contribution is 2.68. The van der Waals surface area contributed by atoms with E-state index >= 15 is 0 Å². The van der Waals surface area contributed by atoms with Gasteiger partial charge in [-0.1, -0.05) is 27.7 Å². The summed E-state index contributed by atoms with van der Waals surface area (Å²) in [7, 11) is 2.16. The number of rotatable bonds is 2. The van der Waals surface area contributed by atoms with E-state index in [1.54, 1.807) is 0 Å². The predicted octanol–water partition coefficient (Wildman–Crippen LogP) is 3.20. The van der Waals surface area contributed by atoms with Crippen LogP contribution in [0.25, 0.3) is 0 Å². The summed E-state index contributed by atoms with van der Waals surface area (Å²) >= 11 is 0. The van der Waals surface area contributed by atoms with Crippen LogP contribution >= 0.6 is 0 Å². The Bertz CT molecular complexity index is 233. The molecule has 1 N–H and O–H groups in total. The quantitative estimate of drug-likeness (QED) is 0.713. The molecule has 2 aliphatic rings. The van der Waals surface area contributed by atoms with Gasteiger partial charge in [0, 0.05) is 5.54 Å². The molecule has 0 heterocycles. The fourth-order valence-electron chi connectivity index (χ4n) is 5.05. The van der Waals surface area contributed by atoms with Gasteiger partial charge in [-0.15, -0.1) is 0 Å². The van der Waals surface area contributed by atoms with E-state index < -0.39 is 0 Å². The molecule has 1 nitrogen and oxygen atoms in total. The molecule has 1 heteroatoms. The van der Waals surface area contributed by atoms with Gasteiger partial charge in [-0.25, -0.2) is 0 Å². The number of fused-ring (bicyclic) bond motifs is 2. The zero-order valence-corrected chi connectivity index (χ0v) is 10.4. The Balaban J connectivity index is 2.47. The molecule has 3 atom stereocenters. The van der Waals surface area contributed by atoms with Crippen LogP contribution in [-0.2, 0) is 0 Å².